The molecule has 3 rings (SSSR count). The molecule has 1 aromatic heterocycles. The number of benzene rings is 2. The smallest absolute Gasteiger partial charge is 0.266 e. The number of alkyl halides is 2. The van der Waals surface area contributed by atoms with Crippen LogP contribution < -0.4 is 5.73 Å². The van der Waals surface area contributed by atoms with Crippen molar-refractivity contribution in [1.82, 2.24) is 3.97 Å². The van der Waals surface area contributed by atoms with Crippen LogP contribution in [0.3, 0.4) is 0 Å². The Morgan fingerprint density at radius 1 is 1.15 bits per heavy atom. The summed E-state index contributed by atoms with van der Waals surface area (Å²) < 4.78 is 65.7. The minimum Gasteiger partial charge on any atom is -0.398 e. The zero-order valence-corrected chi connectivity index (χ0v) is 14.3. The van der Waals surface area contributed by atoms with Gasteiger partial charge in [0.15, 0.2) is 0 Å². The van der Waals surface area contributed by atoms with E-state index in [-0.39, 0.29) is 16.6 Å². The Labute approximate surface area is 148 Å². The number of nitrogens with zero attached hydrogens (tertiary/aromatic N) is 1. The van der Waals surface area contributed by atoms with E-state index in [1.807, 2.05) is 0 Å². The van der Waals surface area contributed by atoms with Crippen molar-refractivity contribution < 1.29 is 21.6 Å². The zero-order chi connectivity index (χ0) is 18.9. The summed E-state index contributed by atoms with van der Waals surface area (Å²) in [5.41, 5.74) is 5.99. The van der Waals surface area contributed by atoms with Crippen molar-refractivity contribution in [3.63, 3.8) is 0 Å². The molecule has 0 radical (unpaired) electrons. The average Bonchev–Trinajstić information content (AvgIpc) is 2.97. The minimum absolute atomic E-state index is 0.0279. The van der Waals surface area contributed by atoms with Gasteiger partial charge in [-0.1, -0.05) is 30.4 Å². The molecule has 0 unspecified atom stereocenters. The lowest BCUT2D eigenvalue weighted by atomic mass is 10.1. The molecule has 8 heteroatoms. The van der Waals surface area contributed by atoms with Crippen LogP contribution in [0.5, 0.6) is 0 Å². The van der Waals surface area contributed by atoms with Crippen molar-refractivity contribution in [2.75, 3.05) is 11.5 Å². The van der Waals surface area contributed by atoms with E-state index in [1.54, 1.807) is 6.07 Å². The highest BCUT2D eigenvalue weighted by Crippen LogP contribution is 2.34. The maximum atomic E-state index is 13.3. The average molecular weight is 380 g/mol. The summed E-state index contributed by atoms with van der Waals surface area (Å²) in [6.45, 7) is 0. The van der Waals surface area contributed by atoms with Crippen LogP contribution in [0, 0.1) is 5.82 Å². The molecule has 2 aromatic carbocycles. The van der Waals surface area contributed by atoms with Crippen LogP contribution in [0.15, 0.2) is 54.7 Å². The van der Waals surface area contributed by atoms with Gasteiger partial charge in [-0.15, -0.1) is 0 Å². The highest BCUT2D eigenvalue weighted by molar-refractivity contribution is 7.90. The van der Waals surface area contributed by atoms with Crippen LogP contribution in [-0.2, 0) is 10.0 Å². The van der Waals surface area contributed by atoms with Gasteiger partial charge in [-0.25, -0.2) is 25.6 Å². The van der Waals surface area contributed by atoms with Gasteiger partial charge in [-0.3, -0.25) is 0 Å². The standard InChI is InChI=1S/C18H15F3N2O2S/c19-13-6-1-4-12(10-13)5-3-9-26(24,25)23-11-14(18(20)21)17-15(22)7-2-8-16(17)23/h1-8,10-11,18H,9,22H2. The fourth-order valence-electron chi connectivity index (χ4n) is 2.71. The van der Waals surface area contributed by atoms with Gasteiger partial charge in [0.1, 0.15) is 5.82 Å². The van der Waals surface area contributed by atoms with Gasteiger partial charge in [-0.05, 0) is 29.8 Å². The maximum Gasteiger partial charge on any atom is 0.266 e. The van der Waals surface area contributed by atoms with E-state index in [0.717, 1.165) is 10.2 Å². The van der Waals surface area contributed by atoms with E-state index in [2.05, 4.69) is 0 Å². The third kappa shape index (κ3) is 3.45. The molecule has 0 atom stereocenters. The number of nitrogens with two attached hydrogens (primary N) is 1. The molecule has 1 heterocycles. The SMILES string of the molecule is Nc1cccc2c1c(C(F)F)cn2S(=O)(=O)CC=Cc1cccc(F)c1. The Morgan fingerprint density at radius 2 is 1.88 bits per heavy atom. The molecule has 0 bridgehead atoms. The van der Waals surface area contributed by atoms with Gasteiger partial charge in [-0.2, -0.15) is 0 Å². The molecule has 0 saturated carbocycles. The number of rotatable bonds is 5. The Balaban J connectivity index is 1.98. The Morgan fingerprint density at radius 3 is 2.58 bits per heavy atom. The van der Waals surface area contributed by atoms with Gasteiger partial charge in [0.05, 0.1) is 11.3 Å². The van der Waals surface area contributed by atoms with Gasteiger partial charge in [0, 0.05) is 22.8 Å². The number of hydrogen-bond donors (Lipinski definition) is 1. The second-order valence-electron chi connectivity index (χ2n) is 5.66. The van der Waals surface area contributed by atoms with E-state index in [1.165, 1.54) is 48.6 Å². The topological polar surface area (TPSA) is 65.1 Å². The summed E-state index contributed by atoms with van der Waals surface area (Å²) in [5.74, 6) is -0.881. The molecule has 0 aliphatic rings. The summed E-state index contributed by atoms with van der Waals surface area (Å²) in [7, 11) is -3.95. The molecule has 3 aromatic rings. The molecule has 0 aliphatic carbocycles. The van der Waals surface area contributed by atoms with Crippen LogP contribution in [0.1, 0.15) is 17.6 Å². The first-order chi connectivity index (χ1) is 12.3. The second-order valence-corrected chi connectivity index (χ2v) is 7.55. The zero-order valence-electron chi connectivity index (χ0n) is 13.4. The highest BCUT2D eigenvalue weighted by Gasteiger charge is 2.23. The van der Waals surface area contributed by atoms with Crippen LogP contribution >= 0.6 is 0 Å². The van der Waals surface area contributed by atoms with E-state index in [4.69, 9.17) is 5.73 Å². The Bertz CT molecular complexity index is 1090. The van der Waals surface area contributed by atoms with Crippen molar-refractivity contribution in [2.24, 2.45) is 0 Å². The first-order valence-electron chi connectivity index (χ1n) is 7.62. The van der Waals surface area contributed by atoms with Gasteiger partial charge in [0.25, 0.3) is 6.43 Å². The molecule has 0 spiro atoms. The number of hydrogen-bond acceptors (Lipinski definition) is 3. The lowest BCUT2D eigenvalue weighted by Gasteiger charge is -2.05. The van der Waals surface area contributed by atoms with Crippen molar-refractivity contribution in [3.8, 4) is 0 Å². The van der Waals surface area contributed by atoms with Gasteiger partial charge in [0.2, 0.25) is 10.0 Å². The summed E-state index contributed by atoms with van der Waals surface area (Å²) >= 11 is 0. The summed E-state index contributed by atoms with van der Waals surface area (Å²) in [6.07, 6.45) is 0.831. The molecule has 0 amide bonds. The lowest BCUT2D eigenvalue weighted by molar-refractivity contribution is 0.153. The van der Waals surface area contributed by atoms with Crippen molar-refractivity contribution in [2.45, 2.75) is 6.43 Å². The predicted octanol–water partition coefficient (Wildman–Crippen LogP) is 4.19. The summed E-state index contributed by atoms with van der Waals surface area (Å²) in [5, 5.41) is 0.0279. The molecule has 0 aliphatic heterocycles. The second kappa shape index (κ2) is 6.87. The van der Waals surface area contributed by atoms with Gasteiger partial charge < -0.3 is 5.73 Å². The fourth-order valence-corrected chi connectivity index (χ4v) is 3.93. The lowest BCUT2D eigenvalue weighted by Crippen LogP contribution is -2.14. The molecule has 0 fully saturated rings. The molecule has 26 heavy (non-hydrogen) atoms. The van der Waals surface area contributed by atoms with E-state index in [0.29, 0.717) is 5.56 Å². The molecule has 2 N–H and O–H groups in total. The Hall–Kier alpha value is -2.74. The maximum absolute atomic E-state index is 13.3. The van der Waals surface area contributed by atoms with Crippen LogP contribution in [-0.4, -0.2) is 18.1 Å². The Kier molecular flexibility index (Phi) is 4.78. The summed E-state index contributed by atoms with van der Waals surface area (Å²) in [4.78, 5) is 0. The first kappa shape index (κ1) is 18.1. The molecule has 0 saturated heterocycles. The number of nitrogen functional groups attached to an aromatic ring is 1. The largest absolute Gasteiger partial charge is 0.398 e. The van der Waals surface area contributed by atoms with E-state index < -0.39 is 33.6 Å². The normalized spacial score (nSPS) is 12.5. The van der Waals surface area contributed by atoms with Crippen molar-refractivity contribution >= 4 is 32.7 Å². The number of anilines is 1. The van der Waals surface area contributed by atoms with Crippen molar-refractivity contribution in [1.29, 1.82) is 0 Å². The van der Waals surface area contributed by atoms with E-state index >= 15 is 0 Å². The quantitative estimate of drug-likeness (QED) is 0.675. The minimum atomic E-state index is -3.95. The summed E-state index contributed by atoms with van der Waals surface area (Å²) in [6, 6.07) is 10.0. The number of fused-ring (bicyclic) bond motifs is 1. The van der Waals surface area contributed by atoms with Crippen LogP contribution in [0.25, 0.3) is 17.0 Å². The monoisotopic (exact) mass is 380 g/mol. The highest BCUT2D eigenvalue weighted by atomic mass is 32.2. The van der Waals surface area contributed by atoms with Crippen LogP contribution in [0.2, 0.25) is 0 Å². The van der Waals surface area contributed by atoms with Crippen molar-refractivity contribution in [3.05, 3.63) is 71.7 Å². The molecular formula is C18H15F3N2O2S. The van der Waals surface area contributed by atoms with E-state index in [9.17, 15) is 21.6 Å². The fraction of sp³-hybridized carbons (Fsp3) is 0.111. The van der Waals surface area contributed by atoms with Crippen LogP contribution in [0.4, 0.5) is 18.9 Å². The first-order valence-corrected chi connectivity index (χ1v) is 9.23. The predicted molar refractivity (Wildman–Crippen MR) is 95.9 cm³/mol. The number of halogens is 3. The third-order valence-corrected chi connectivity index (χ3v) is 5.37. The molecule has 136 valence electrons. The third-order valence-electron chi connectivity index (χ3n) is 3.86. The molecular weight excluding hydrogens is 365 g/mol. The number of aromatic nitrogens is 1. The molecule has 4 nitrogen and oxygen atoms in total. The van der Waals surface area contributed by atoms with Gasteiger partial charge >= 0.3 is 0 Å².